The lowest BCUT2D eigenvalue weighted by molar-refractivity contribution is -0.0695. The van der Waals surface area contributed by atoms with E-state index in [2.05, 4.69) is 12.2 Å². The van der Waals surface area contributed by atoms with E-state index >= 15 is 0 Å². The molecule has 0 radical (unpaired) electrons. The first-order valence-corrected chi connectivity index (χ1v) is 9.70. The van der Waals surface area contributed by atoms with E-state index in [0.29, 0.717) is 17.4 Å². The van der Waals surface area contributed by atoms with Crippen LogP contribution in [0.4, 0.5) is 0 Å². The Labute approximate surface area is 119 Å². The van der Waals surface area contributed by atoms with Gasteiger partial charge in [0.05, 0.1) is 0 Å². The van der Waals surface area contributed by atoms with Crippen LogP contribution < -0.4 is 5.32 Å². The van der Waals surface area contributed by atoms with Gasteiger partial charge < -0.3 is 5.32 Å². The van der Waals surface area contributed by atoms with Gasteiger partial charge in [-0.2, -0.15) is 0 Å². The molecule has 0 aromatic heterocycles. The monoisotopic (exact) mass is 281 g/mol. The minimum atomic E-state index is -0.593. The minimum Gasteiger partial charge on any atom is -0.312 e. The maximum absolute atomic E-state index is 12.3. The average molecular weight is 281 g/mol. The molecule has 5 fully saturated rings. The third kappa shape index (κ3) is 2.21. The van der Waals surface area contributed by atoms with E-state index in [9.17, 15) is 4.21 Å². The predicted octanol–water partition coefficient (Wildman–Crippen LogP) is 2.56. The lowest BCUT2D eigenvalue weighted by Gasteiger charge is -2.59. The molecular formula is C16H27NOS. The predicted molar refractivity (Wildman–Crippen MR) is 79.4 cm³/mol. The van der Waals surface area contributed by atoms with E-state index in [0.717, 1.165) is 35.8 Å². The highest BCUT2D eigenvalue weighted by atomic mass is 32.2. The maximum Gasteiger partial charge on any atom is 0.0394 e. The van der Waals surface area contributed by atoms with Crippen molar-refractivity contribution in [1.29, 1.82) is 0 Å². The molecular weight excluding hydrogens is 254 g/mol. The molecule has 3 heteroatoms. The zero-order chi connectivity index (χ0) is 13.0. The lowest BCUT2D eigenvalue weighted by atomic mass is 9.48. The largest absolute Gasteiger partial charge is 0.312 e. The van der Waals surface area contributed by atoms with Crippen LogP contribution in [0.1, 0.15) is 45.4 Å². The van der Waals surface area contributed by atoms with Crippen LogP contribution in [0.5, 0.6) is 0 Å². The van der Waals surface area contributed by atoms with Crippen LogP contribution >= 0.6 is 0 Å². The zero-order valence-electron chi connectivity index (χ0n) is 12.1. The van der Waals surface area contributed by atoms with Gasteiger partial charge in [0.25, 0.3) is 0 Å². The number of hydrogen-bond acceptors (Lipinski definition) is 2. The highest BCUT2D eigenvalue weighted by Gasteiger charge is 2.54. The SMILES string of the molecule is CC1CNC(C23CC4CC(CC(C4)C2)C3)CS(=O)C1. The fourth-order valence-electron chi connectivity index (χ4n) is 6.03. The fourth-order valence-corrected chi connectivity index (χ4v) is 7.76. The van der Waals surface area contributed by atoms with Gasteiger partial charge in [-0.1, -0.05) is 6.92 Å². The molecule has 1 aliphatic heterocycles. The Bertz CT molecular complexity index is 359. The van der Waals surface area contributed by atoms with Gasteiger partial charge in [0.2, 0.25) is 0 Å². The van der Waals surface area contributed by atoms with Crippen molar-refractivity contribution in [3.63, 3.8) is 0 Å². The second-order valence-corrected chi connectivity index (χ2v) is 9.67. The van der Waals surface area contributed by atoms with Gasteiger partial charge in [-0.25, -0.2) is 0 Å². The van der Waals surface area contributed by atoms with Crippen molar-refractivity contribution in [1.82, 2.24) is 5.32 Å². The lowest BCUT2D eigenvalue weighted by Crippen LogP contribution is -2.57. The van der Waals surface area contributed by atoms with Crippen molar-refractivity contribution < 1.29 is 4.21 Å². The molecule has 2 nitrogen and oxygen atoms in total. The third-order valence-electron chi connectivity index (χ3n) is 6.36. The Hall–Kier alpha value is 0.110. The normalized spacial score (nSPS) is 57.1. The van der Waals surface area contributed by atoms with Gasteiger partial charge in [-0.15, -0.1) is 0 Å². The number of rotatable bonds is 1. The van der Waals surface area contributed by atoms with Crippen molar-refractivity contribution in [3.8, 4) is 0 Å². The van der Waals surface area contributed by atoms with Crippen molar-refractivity contribution in [2.24, 2.45) is 29.1 Å². The molecule has 4 bridgehead atoms. The van der Waals surface area contributed by atoms with E-state index in [1.165, 1.54) is 38.5 Å². The van der Waals surface area contributed by atoms with E-state index < -0.39 is 10.8 Å². The van der Waals surface area contributed by atoms with Gasteiger partial charge in [0.1, 0.15) is 0 Å². The molecule has 4 saturated carbocycles. The molecule has 0 spiro atoms. The number of nitrogens with one attached hydrogen (secondary N) is 1. The molecule has 0 amide bonds. The van der Waals surface area contributed by atoms with E-state index in [1.807, 2.05) is 0 Å². The molecule has 1 N–H and O–H groups in total. The van der Waals surface area contributed by atoms with E-state index in [1.54, 1.807) is 0 Å². The molecule has 5 aliphatic rings. The molecule has 5 rings (SSSR count). The van der Waals surface area contributed by atoms with Gasteiger partial charge in [-0.05, 0) is 74.2 Å². The third-order valence-corrected chi connectivity index (χ3v) is 8.01. The van der Waals surface area contributed by atoms with Crippen molar-refractivity contribution in [3.05, 3.63) is 0 Å². The van der Waals surface area contributed by atoms with Gasteiger partial charge in [-0.3, -0.25) is 4.21 Å². The van der Waals surface area contributed by atoms with Crippen LogP contribution in [0.25, 0.3) is 0 Å². The smallest absolute Gasteiger partial charge is 0.0394 e. The molecule has 0 aromatic rings. The highest BCUT2D eigenvalue weighted by Crippen LogP contribution is 2.61. The van der Waals surface area contributed by atoms with Crippen molar-refractivity contribution in [2.75, 3.05) is 18.1 Å². The molecule has 0 aromatic carbocycles. The Morgan fingerprint density at radius 3 is 2.16 bits per heavy atom. The summed E-state index contributed by atoms with van der Waals surface area (Å²) in [6.07, 6.45) is 8.81. The van der Waals surface area contributed by atoms with Crippen LogP contribution in [0, 0.1) is 29.1 Å². The van der Waals surface area contributed by atoms with Gasteiger partial charge >= 0.3 is 0 Å². The molecule has 3 unspecified atom stereocenters. The Balaban J connectivity index is 1.59. The summed E-state index contributed by atoms with van der Waals surface area (Å²) >= 11 is 0. The van der Waals surface area contributed by atoms with Crippen LogP contribution in [-0.4, -0.2) is 28.3 Å². The summed E-state index contributed by atoms with van der Waals surface area (Å²) in [7, 11) is -0.593. The summed E-state index contributed by atoms with van der Waals surface area (Å²) in [4.78, 5) is 0. The molecule has 1 heterocycles. The summed E-state index contributed by atoms with van der Waals surface area (Å²) in [6, 6.07) is 0.548. The van der Waals surface area contributed by atoms with Gasteiger partial charge in [0.15, 0.2) is 0 Å². The van der Waals surface area contributed by atoms with Crippen LogP contribution in [0.2, 0.25) is 0 Å². The summed E-state index contributed by atoms with van der Waals surface area (Å²) in [5.74, 6) is 5.43. The van der Waals surface area contributed by atoms with E-state index in [-0.39, 0.29) is 0 Å². The first kappa shape index (κ1) is 12.8. The Kier molecular flexibility index (Phi) is 3.07. The fraction of sp³-hybridized carbons (Fsp3) is 1.00. The first-order valence-electron chi connectivity index (χ1n) is 8.21. The van der Waals surface area contributed by atoms with Crippen molar-refractivity contribution >= 4 is 10.8 Å². The first-order chi connectivity index (χ1) is 9.13. The highest BCUT2D eigenvalue weighted by molar-refractivity contribution is 7.85. The zero-order valence-corrected chi connectivity index (χ0v) is 12.9. The molecule has 19 heavy (non-hydrogen) atoms. The van der Waals surface area contributed by atoms with Crippen LogP contribution in [-0.2, 0) is 10.8 Å². The summed E-state index contributed by atoms with van der Waals surface area (Å²) in [5, 5.41) is 3.83. The Morgan fingerprint density at radius 2 is 1.58 bits per heavy atom. The molecule has 4 aliphatic carbocycles. The molecule has 3 atom stereocenters. The standard InChI is InChI=1S/C16H27NOS/c1-11-8-17-15(10-19(18)9-11)16-5-12-2-13(6-16)4-14(3-12)7-16/h11-15,17H,2-10H2,1H3. The molecule has 1 saturated heterocycles. The number of hydrogen-bond donors (Lipinski definition) is 1. The second kappa shape index (κ2) is 4.56. The van der Waals surface area contributed by atoms with Gasteiger partial charge in [0, 0.05) is 28.3 Å². The second-order valence-electron chi connectivity index (χ2n) is 8.12. The topological polar surface area (TPSA) is 29.1 Å². The molecule has 108 valence electrons. The van der Waals surface area contributed by atoms with Crippen LogP contribution in [0.3, 0.4) is 0 Å². The average Bonchev–Trinajstić information content (AvgIpc) is 2.48. The maximum atomic E-state index is 12.3. The summed E-state index contributed by atoms with van der Waals surface area (Å²) in [6.45, 7) is 3.32. The summed E-state index contributed by atoms with van der Waals surface area (Å²) in [5.41, 5.74) is 0.522. The van der Waals surface area contributed by atoms with E-state index in [4.69, 9.17) is 0 Å². The Morgan fingerprint density at radius 1 is 1.00 bits per heavy atom. The quantitative estimate of drug-likeness (QED) is 0.800. The van der Waals surface area contributed by atoms with Crippen LogP contribution in [0.15, 0.2) is 0 Å². The van der Waals surface area contributed by atoms with Crippen molar-refractivity contribution in [2.45, 2.75) is 51.5 Å². The minimum absolute atomic E-state index is 0.522. The summed E-state index contributed by atoms with van der Waals surface area (Å²) < 4.78 is 12.3.